The maximum absolute atomic E-state index is 13.1. The van der Waals surface area contributed by atoms with Crippen LogP contribution in [-0.4, -0.2) is 71.9 Å². The number of aliphatic hydroxyl groups is 2. The molecule has 2 aliphatic rings. The molecule has 11 atom stereocenters. The molecule has 2 heterocycles. The summed E-state index contributed by atoms with van der Waals surface area (Å²) in [6, 6.07) is -0.196. The van der Waals surface area contributed by atoms with Crippen LogP contribution in [0.1, 0.15) is 54.4 Å². The lowest BCUT2D eigenvalue weighted by molar-refractivity contribution is -0.272. The first-order chi connectivity index (χ1) is 15.0. The number of ether oxygens (including phenoxy) is 3. The number of rotatable bonds is 4. The second-order valence-corrected chi connectivity index (χ2v) is 9.70. The van der Waals surface area contributed by atoms with Crippen LogP contribution in [0.5, 0.6) is 0 Å². The molecule has 0 bridgehead atoms. The standard InChI is InChI=1S/C24H41NO7/c1-12-8-9-19(27)13(2)10-14(3)21(16(5)23(29)31-22(12)17(6)26)32-24-20(28)18(25-7)11-15(4)30-24/h8-9,12-18,20-22,24-26,28H,10-11H2,1-7H3/b9-8+/t12-,13-,14+,15?,16-,17-,18?,20?,21+,22+,24?/m1/s1. The van der Waals surface area contributed by atoms with E-state index in [9.17, 15) is 19.8 Å². The molecule has 1 saturated heterocycles. The van der Waals surface area contributed by atoms with Crippen molar-refractivity contribution in [1.29, 1.82) is 0 Å². The maximum Gasteiger partial charge on any atom is 0.311 e. The number of esters is 1. The van der Waals surface area contributed by atoms with Gasteiger partial charge in [0.25, 0.3) is 0 Å². The van der Waals surface area contributed by atoms with E-state index in [0.29, 0.717) is 12.8 Å². The van der Waals surface area contributed by atoms with Gasteiger partial charge in [0, 0.05) is 17.9 Å². The highest BCUT2D eigenvalue weighted by Crippen LogP contribution is 2.31. The van der Waals surface area contributed by atoms with E-state index in [2.05, 4.69) is 5.32 Å². The summed E-state index contributed by atoms with van der Waals surface area (Å²) in [5.74, 6) is -1.99. The average molecular weight is 456 g/mol. The first kappa shape index (κ1) is 26.9. The molecule has 184 valence electrons. The van der Waals surface area contributed by atoms with E-state index in [1.54, 1.807) is 33.9 Å². The van der Waals surface area contributed by atoms with E-state index in [4.69, 9.17) is 14.2 Å². The minimum atomic E-state index is -0.913. The quantitative estimate of drug-likeness (QED) is 0.550. The Hall–Kier alpha value is -1.32. The third-order valence-electron chi connectivity index (χ3n) is 6.75. The average Bonchev–Trinajstić information content (AvgIpc) is 2.73. The minimum Gasteiger partial charge on any atom is -0.459 e. The summed E-state index contributed by atoms with van der Waals surface area (Å²) in [5.41, 5.74) is 0. The highest BCUT2D eigenvalue weighted by atomic mass is 16.7. The van der Waals surface area contributed by atoms with Gasteiger partial charge in [-0.1, -0.05) is 26.8 Å². The molecule has 0 aromatic carbocycles. The van der Waals surface area contributed by atoms with Crippen molar-refractivity contribution in [2.45, 2.75) is 97.2 Å². The van der Waals surface area contributed by atoms with Crippen LogP contribution in [0.4, 0.5) is 0 Å². The van der Waals surface area contributed by atoms with E-state index in [-0.39, 0.29) is 35.7 Å². The molecule has 0 spiro atoms. The number of hydrogen-bond acceptors (Lipinski definition) is 8. The second-order valence-electron chi connectivity index (χ2n) is 9.70. The Labute approximate surface area is 191 Å². The fraction of sp³-hybridized carbons (Fsp3) is 0.833. The molecule has 0 saturated carbocycles. The van der Waals surface area contributed by atoms with Gasteiger partial charge in [-0.15, -0.1) is 0 Å². The normalized spacial score (nSPS) is 44.2. The second kappa shape index (κ2) is 11.7. The highest BCUT2D eigenvalue weighted by molar-refractivity contribution is 5.91. The molecule has 0 amide bonds. The highest BCUT2D eigenvalue weighted by Gasteiger charge is 2.42. The van der Waals surface area contributed by atoms with E-state index in [1.165, 1.54) is 6.08 Å². The molecule has 0 aromatic rings. The largest absolute Gasteiger partial charge is 0.459 e. The van der Waals surface area contributed by atoms with Gasteiger partial charge < -0.3 is 29.7 Å². The molecule has 32 heavy (non-hydrogen) atoms. The van der Waals surface area contributed by atoms with Crippen molar-refractivity contribution in [2.75, 3.05) is 7.05 Å². The van der Waals surface area contributed by atoms with Crippen molar-refractivity contribution in [3.05, 3.63) is 12.2 Å². The summed E-state index contributed by atoms with van der Waals surface area (Å²) in [7, 11) is 1.78. The first-order valence-corrected chi connectivity index (χ1v) is 11.7. The van der Waals surface area contributed by atoms with Crippen LogP contribution >= 0.6 is 0 Å². The van der Waals surface area contributed by atoms with Crippen LogP contribution in [0.15, 0.2) is 12.2 Å². The first-order valence-electron chi connectivity index (χ1n) is 11.7. The van der Waals surface area contributed by atoms with Crippen LogP contribution in [-0.2, 0) is 23.8 Å². The number of aliphatic hydroxyl groups excluding tert-OH is 2. The third kappa shape index (κ3) is 6.60. The molecule has 2 rings (SSSR count). The van der Waals surface area contributed by atoms with Crippen molar-refractivity contribution in [3.63, 3.8) is 0 Å². The Morgan fingerprint density at radius 1 is 1.16 bits per heavy atom. The van der Waals surface area contributed by atoms with Gasteiger partial charge in [0.15, 0.2) is 12.1 Å². The molecule has 0 aromatic heterocycles. The lowest BCUT2D eigenvalue weighted by Crippen LogP contribution is -2.55. The fourth-order valence-electron chi connectivity index (χ4n) is 4.70. The lowest BCUT2D eigenvalue weighted by atomic mass is 9.84. The van der Waals surface area contributed by atoms with Crippen molar-refractivity contribution in [1.82, 2.24) is 5.32 Å². The van der Waals surface area contributed by atoms with Gasteiger partial charge >= 0.3 is 5.97 Å². The Morgan fingerprint density at radius 3 is 2.41 bits per heavy atom. The molecular weight excluding hydrogens is 414 g/mol. The Bertz CT molecular complexity index is 667. The van der Waals surface area contributed by atoms with Crippen LogP contribution in [0.25, 0.3) is 0 Å². The Kier molecular flexibility index (Phi) is 9.85. The number of carbonyl (C=O) groups is 2. The van der Waals surface area contributed by atoms with E-state index in [1.807, 2.05) is 20.8 Å². The number of likely N-dealkylation sites (N-methyl/N-ethyl adjacent to an activating group) is 1. The SMILES string of the molecule is CNC1CC(C)OC(O[C@H]2[C@@H](C)C[C@@H](C)C(=O)/C=C/[C@@H](C)[C@@H]([C@@H](C)O)OC(=O)[C@@H]2C)C1O. The fourth-order valence-corrected chi connectivity index (χ4v) is 4.70. The van der Waals surface area contributed by atoms with Crippen molar-refractivity contribution < 1.29 is 34.0 Å². The van der Waals surface area contributed by atoms with Crippen molar-refractivity contribution in [2.24, 2.45) is 23.7 Å². The Balaban J connectivity index is 2.34. The molecule has 0 radical (unpaired) electrons. The molecule has 4 unspecified atom stereocenters. The van der Waals surface area contributed by atoms with Crippen LogP contribution in [0.3, 0.4) is 0 Å². The summed E-state index contributed by atoms with van der Waals surface area (Å²) in [4.78, 5) is 25.7. The minimum absolute atomic E-state index is 0.0239. The van der Waals surface area contributed by atoms with Crippen LogP contribution in [0.2, 0.25) is 0 Å². The zero-order chi connectivity index (χ0) is 24.2. The van der Waals surface area contributed by atoms with Gasteiger partial charge in [0.1, 0.15) is 12.2 Å². The number of allylic oxidation sites excluding steroid dienone is 1. The number of ketones is 1. The zero-order valence-electron chi connectivity index (χ0n) is 20.4. The Morgan fingerprint density at radius 2 is 1.81 bits per heavy atom. The lowest BCUT2D eigenvalue weighted by Gasteiger charge is -2.41. The van der Waals surface area contributed by atoms with E-state index in [0.717, 1.165) is 0 Å². The topological polar surface area (TPSA) is 114 Å². The predicted molar refractivity (Wildman–Crippen MR) is 120 cm³/mol. The summed E-state index contributed by atoms with van der Waals surface area (Å²) >= 11 is 0. The smallest absolute Gasteiger partial charge is 0.311 e. The molecule has 0 aliphatic carbocycles. The summed E-state index contributed by atoms with van der Waals surface area (Å²) in [6.07, 6.45) is 0.0750. The number of carbonyl (C=O) groups excluding carboxylic acids is 2. The van der Waals surface area contributed by atoms with Crippen molar-refractivity contribution in [3.8, 4) is 0 Å². The van der Waals surface area contributed by atoms with E-state index >= 15 is 0 Å². The summed E-state index contributed by atoms with van der Waals surface area (Å²) in [5, 5.41) is 24.0. The molecule has 8 nitrogen and oxygen atoms in total. The van der Waals surface area contributed by atoms with Crippen LogP contribution in [0, 0.1) is 23.7 Å². The summed E-state index contributed by atoms with van der Waals surface area (Å²) < 4.78 is 17.8. The monoisotopic (exact) mass is 455 g/mol. The van der Waals surface area contributed by atoms with Gasteiger partial charge in [-0.05, 0) is 52.7 Å². The molecule has 1 fully saturated rings. The molecular formula is C24H41NO7. The predicted octanol–water partition coefficient (Wildman–Crippen LogP) is 1.82. The van der Waals surface area contributed by atoms with Crippen molar-refractivity contribution >= 4 is 11.8 Å². The molecule has 8 heteroatoms. The van der Waals surface area contributed by atoms with Gasteiger partial charge in [0.05, 0.1) is 24.2 Å². The van der Waals surface area contributed by atoms with Gasteiger partial charge in [-0.25, -0.2) is 0 Å². The van der Waals surface area contributed by atoms with Gasteiger partial charge in [-0.3, -0.25) is 9.59 Å². The number of cyclic esters (lactones) is 1. The number of hydrogen-bond donors (Lipinski definition) is 3. The maximum atomic E-state index is 13.1. The zero-order valence-corrected chi connectivity index (χ0v) is 20.4. The van der Waals surface area contributed by atoms with Gasteiger partial charge in [-0.2, -0.15) is 0 Å². The number of nitrogens with one attached hydrogen (secondary N) is 1. The van der Waals surface area contributed by atoms with Crippen LogP contribution < -0.4 is 5.32 Å². The molecule has 3 N–H and O–H groups in total. The third-order valence-corrected chi connectivity index (χ3v) is 6.75. The van der Waals surface area contributed by atoms with Gasteiger partial charge in [0.2, 0.25) is 0 Å². The molecule has 2 aliphatic heterocycles. The summed E-state index contributed by atoms with van der Waals surface area (Å²) in [6.45, 7) is 10.8. The van der Waals surface area contributed by atoms with E-state index < -0.39 is 42.6 Å².